The molecule has 6 aromatic rings. The standard InChI is InChI=1S/C26H19F6.C12H7Si.2ClH.Zr/c1-2-6-16-11-18-9-10-22(17-7-4-3-5-8-17)24(23(18)12-16)19-13-20(25(27,28)29)15-21(14-19)26(30,31)32;1-3-7-11-9(5-1)10-6-2-4-8-12(10)13-11;;;/h3-5,7-15H,2,6H2,1H3;1-7H;2*1H;/q2*-1;;;+4/p-2. The molecule has 0 unspecified atom stereocenters. The van der Waals surface area contributed by atoms with E-state index in [1.165, 1.54) is 21.5 Å². The number of rotatable bonds is 4. The third-order valence-electron chi connectivity index (χ3n) is 7.78. The molecule has 0 fully saturated rings. The van der Waals surface area contributed by atoms with Gasteiger partial charge in [0.25, 0.3) is 0 Å². The van der Waals surface area contributed by atoms with Crippen molar-refractivity contribution in [3.05, 3.63) is 138 Å². The maximum Gasteiger partial charge on any atom is 0.0920 e. The Kier molecular flexibility index (Phi) is 11.8. The molecule has 1 aliphatic heterocycles. The van der Waals surface area contributed by atoms with Gasteiger partial charge in [-0.2, -0.15) is 61.9 Å². The van der Waals surface area contributed by atoms with E-state index >= 15 is 0 Å². The van der Waals surface area contributed by atoms with Crippen LogP contribution in [0.1, 0.15) is 30.0 Å². The van der Waals surface area contributed by atoms with Gasteiger partial charge in [-0.15, -0.1) is 34.0 Å². The van der Waals surface area contributed by atoms with E-state index in [-0.39, 0.29) is 11.6 Å². The smallest absolute Gasteiger partial charge is 0.0920 e. The first-order valence-corrected chi connectivity index (χ1v) is 22.2. The second-order valence-corrected chi connectivity index (χ2v) is 16.0. The molecule has 0 aromatic heterocycles. The van der Waals surface area contributed by atoms with Gasteiger partial charge in [-0.05, 0) is 41.3 Å². The third-order valence-corrected chi connectivity index (χ3v) is 9.15. The first-order valence-electron chi connectivity index (χ1n) is 14.9. The Balaban J connectivity index is 0.000000231. The predicted octanol–water partition coefficient (Wildman–Crippen LogP) is 11.4. The summed E-state index contributed by atoms with van der Waals surface area (Å²) in [6.07, 6.45) is -8.17. The zero-order valence-corrected chi connectivity index (χ0v) is 30.4. The van der Waals surface area contributed by atoms with Crippen LogP contribution in [-0.2, 0) is 39.6 Å². The van der Waals surface area contributed by atoms with Crippen LogP contribution >= 0.6 is 17.0 Å². The van der Waals surface area contributed by atoms with E-state index in [0.29, 0.717) is 22.1 Å². The minimum atomic E-state index is -4.91. The Bertz CT molecular complexity index is 1930. The van der Waals surface area contributed by atoms with E-state index in [1.54, 1.807) is 36.4 Å². The monoisotopic (exact) mass is 784 g/mol. The number of aryl methyl sites for hydroxylation is 1. The molecule has 0 saturated heterocycles. The Morgan fingerprint density at radius 3 is 1.98 bits per heavy atom. The fourth-order valence-electron chi connectivity index (χ4n) is 5.77. The topological polar surface area (TPSA) is 0 Å². The molecule has 0 aliphatic carbocycles. The molecule has 1 aliphatic rings. The van der Waals surface area contributed by atoms with Crippen LogP contribution in [0.4, 0.5) is 26.3 Å². The van der Waals surface area contributed by atoms with Crippen molar-refractivity contribution < 1.29 is 47.2 Å². The fourth-order valence-corrected chi connectivity index (χ4v) is 7.08. The van der Waals surface area contributed by atoms with Gasteiger partial charge in [0.1, 0.15) is 0 Å². The number of benzene rings is 5. The summed E-state index contributed by atoms with van der Waals surface area (Å²) < 4.78 is 81.2. The quantitative estimate of drug-likeness (QED) is 0.0947. The van der Waals surface area contributed by atoms with Gasteiger partial charge in [0.05, 0.1) is 20.6 Å². The van der Waals surface area contributed by atoms with Crippen molar-refractivity contribution in [2.45, 2.75) is 32.1 Å². The average molecular weight is 787 g/mol. The second-order valence-electron chi connectivity index (χ2n) is 11.0. The van der Waals surface area contributed by atoms with E-state index in [0.717, 1.165) is 45.4 Å². The predicted molar refractivity (Wildman–Crippen MR) is 182 cm³/mol. The first kappa shape index (κ1) is 36.3. The summed E-state index contributed by atoms with van der Waals surface area (Å²) in [5, 5.41) is 4.25. The molecular formula is C38H26Cl2F6SiZr. The Labute approximate surface area is 296 Å². The van der Waals surface area contributed by atoms with Crippen LogP contribution in [0.15, 0.2) is 115 Å². The van der Waals surface area contributed by atoms with Gasteiger partial charge in [-0.1, -0.05) is 90.3 Å². The Morgan fingerprint density at radius 2 is 1.33 bits per heavy atom. The van der Waals surface area contributed by atoms with Crippen LogP contribution in [0.2, 0.25) is 0 Å². The van der Waals surface area contributed by atoms with Crippen molar-refractivity contribution in [3.8, 4) is 33.4 Å². The average Bonchev–Trinajstić information content (AvgIpc) is 3.65. The largest absolute Gasteiger partial charge is 0.184 e. The van der Waals surface area contributed by atoms with Gasteiger partial charge in [-0.3, -0.25) is 0 Å². The molecule has 242 valence electrons. The van der Waals surface area contributed by atoms with Gasteiger partial charge in [0.2, 0.25) is 0 Å². The number of alkyl halides is 6. The van der Waals surface area contributed by atoms with Crippen molar-refractivity contribution in [1.82, 2.24) is 0 Å². The Hall–Kier alpha value is -3.03. The number of halogens is 8. The Morgan fingerprint density at radius 1 is 0.708 bits per heavy atom. The fraction of sp³-hybridized carbons (Fsp3) is 0.132. The normalized spacial score (nSPS) is 11.9. The summed E-state index contributed by atoms with van der Waals surface area (Å²) in [6, 6.07) is 36.3. The molecule has 0 amide bonds. The minimum Gasteiger partial charge on any atom is -0.184 e. The number of fused-ring (bicyclic) bond motifs is 4. The molecule has 0 N–H and O–H groups in total. The molecule has 7 rings (SSSR count). The van der Waals surface area contributed by atoms with Crippen molar-refractivity contribution in [3.63, 3.8) is 0 Å². The summed E-state index contributed by atoms with van der Waals surface area (Å²) >= 11 is -0.826. The summed E-state index contributed by atoms with van der Waals surface area (Å²) in [7, 11) is 10.7. The van der Waals surface area contributed by atoms with E-state index in [1.807, 2.05) is 31.2 Å². The SMILES string of the molecule is CCCc1cc2c(-c3cc(C(F)(F)F)cc(C(F)(F)F)c3)c(-c3ccccc3)ccc2[cH-]1.[Cl][Zr+2][Cl].[c-]1cccc2c1[Si]c1ccccc1-2. The summed E-state index contributed by atoms with van der Waals surface area (Å²) in [4.78, 5) is 0. The van der Waals surface area contributed by atoms with Gasteiger partial charge in [0.15, 0.2) is 0 Å². The summed E-state index contributed by atoms with van der Waals surface area (Å²) in [5.41, 5.74) is 2.68. The molecule has 0 spiro atoms. The third kappa shape index (κ3) is 8.39. The maximum atomic E-state index is 13.5. The number of hydrogen-bond acceptors (Lipinski definition) is 0. The van der Waals surface area contributed by atoms with E-state index in [9.17, 15) is 26.3 Å². The van der Waals surface area contributed by atoms with Crippen LogP contribution in [0.3, 0.4) is 0 Å². The van der Waals surface area contributed by atoms with Crippen LogP contribution in [0.25, 0.3) is 44.2 Å². The van der Waals surface area contributed by atoms with Crippen LogP contribution in [0, 0.1) is 6.07 Å². The van der Waals surface area contributed by atoms with Crippen molar-refractivity contribution >= 4 is 47.7 Å². The van der Waals surface area contributed by atoms with Crippen molar-refractivity contribution in [2.75, 3.05) is 0 Å². The van der Waals surface area contributed by atoms with E-state index in [4.69, 9.17) is 17.0 Å². The molecule has 6 aromatic carbocycles. The molecule has 0 saturated carbocycles. The van der Waals surface area contributed by atoms with Gasteiger partial charge in [-0.25, -0.2) is 0 Å². The molecule has 2 radical (unpaired) electrons. The van der Waals surface area contributed by atoms with Crippen LogP contribution < -0.4 is 10.4 Å². The molecular weight excluding hydrogens is 761 g/mol. The van der Waals surface area contributed by atoms with Gasteiger partial charge >= 0.3 is 50.2 Å². The number of hydrogen-bond donors (Lipinski definition) is 0. The summed E-state index contributed by atoms with van der Waals surface area (Å²) in [6.45, 7) is 2.01. The summed E-state index contributed by atoms with van der Waals surface area (Å²) in [5.74, 6) is 0. The zero-order valence-electron chi connectivity index (χ0n) is 25.4. The van der Waals surface area contributed by atoms with Crippen LogP contribution in [0.5, 0.6) is 0 Å². The minimum absolute atomic E-state index is 0.106. The molecule has 0 atom stereocenters. The molecule has 0 bridgehead atoms. The van der Waals surface area contributed by atoms with Crippen molar-refractivity contribution in [2.24, 2.45) is 0 Å². The van der Waals surface area contributed by atoms with Crippen LogP contribution in [-0.4, -0.2) is 9.52 Å². The molecule has 1 heterocycles. The van der Waals surface area contributed by atoms with Gasteiger partial charge in [0, 0.05) is 0 Å². The second kappa shape index (κ2) is 15.7. The maximum absolute atomic E-state index is 13.5. The van der Waals surface area contributed by atoms with Crippen molar-refractivity contribution in [1.29, 1.82) is 0 Å². The zero-order chi connectivity index (χ0) is 34.5. The van der Waals surface area contributed by atoms with Gasteiger partial charge < -0.3 is 0 Å². The molecule has 48 heavy (non-hydrogen) atoms. The molecule has 0 nitrogen and oxygen atoms in total. The van der Waals surface area contributed by atoms with E-state index < -0.39 is 44.3 Å². The first-order chi connectivity index (χ1) is 22.9. The molecule has 10 heteroatoms. The van der Waals surface area contributed by atoms with E-state index in [2.05, 4.69) is 42.5 Å².